The van der Waals surface area contributed by atoms with E-state index in [9.17, 15) is 0 Å². The molecule has 0 amide bonds. The van der Waals surface area contributed by atoms with Crippen LogP contribution in [-0.4, -0.2) is 30.1 Å². The van der Waals surface area contributed by atoms with Crippen LogP contribution in [0.4, 0.5) is 0 Å². The SMILES string of the molecule is CCN(CC1CCC1)C1(CN)CCCC(C)C1. The summed E-state index contributed by atoms with van der Waals surface area (Å²) >= 11 is 0. The van der Waals surface area contributed by atoms with E-state index in [-0.39, 0.29) is 0 Å². The van der Waals surface area contributed by atoms with Crippen LogP contribution in [0.3, 0.4) is 0 Å². The van der Waals surface area contributed by atoms with Crippen molar-refractivity contribution in [1.82, 2.24) is 4.90 Å². The topological polar surface area (TPSA) is 29.3 Å². The molecule has 2 nitrogen and oxygen atoms in total. The lowest BCUT2D eigenvalue weighted by Gasteiger charge is -2.49. The van der Waals surface area contributed by atoms with Crippen molar-refractivity contribution in [3.8, 4) is 0 Å². The van der Waals surface area contributed by atoms with Crippen LogP contribution in [0.15, 0.2) is 0 Å². The predicted molar refractivity (Wildman–Crippen MR) is 74.0 cm³/mol. The summed E-state index contributed by atoms with van der Waals surface area (Å²) in [4.78, 5) is 2.73. The van der Waals surface area contributed by atoms with E-state index in [1.54, 1.807) is 0 Å². The molecule has 0 heterocycles. The Morgan fingerprint density at radius 1 is 1.24 bits per heavy atom. The summed E-state index contributed by atoms with van der Waals surface area (Å²) in [5.74, 6) is 1.83. The van der Waals surface area contributed by atoms with Crippen LogP contribution in [0.5, 0.6) is 0 Å². The summed E-state index contributed by atoms with van der Waals surface area (Å²) in [5, 5.41) is 0. The second-order valence-corrected chi connectivity index (χ2v) is 6.47. The largest absolute Gasteiger partial charge is 0.329 e. The van der Waals surface area contributed by atoms with Crippen LogP contribution >= 0.6 is 0 Å². The van der Waals surface area contributed by atoms with Crippen LogP contribution < -0.4 is 5.73 Å². The fourth-order valence-corrected chi connectivity index (χ4v) is 3.88. The van der Waals surface area contributed by atoms with E-state index in [2.05, 4.69) is 18.7 Å². The Balaban J connectivity index is 2.01. The molecular weight excluding hydrogens is 208 g/mol. The first-order valence-electron chi connectivity index (χ1n) is 7.65. The van der Waals surface area contributed by atoms with E-state index in [1.807, 2.05) is 0 Å². The van der Waals surface area contributed by atoms with Gasteiger partial charge in [-0.1, -0.05) is 33.1 Å². The summed E-state index contributed by atoms with van der Waals surface area (Å²) in [7, 11) is 0. The summed E-state index contributed by atoms with van der Waals surface area (Å²) in [6, 6.07) is 0. The maximum absolute atomic E-state index is 6.17. The van der Waals surface area contributed by atoms with Crippen molar-refractivity contribution in [2.45, 2.75) is 64.3 Å². The third-order valence-electron chi connectivity index (χ3n) is 5.20. The third kappa shape index (κ3) is 2.85. The Kier molecular flexibility index (Phi) is 4.48. The summed E-state index contributed by atoms with van der Waals surface area (Å²) in [6.07, 6.45) is 9.79. The Bertz CT molecular complexity index is 237. The van der Waals surface area contributed by atoms with Crippen molar-refractivity contribution in [2.75, 3.05) is 19.6 Å². The minimum Gasteiger partial charge on any atom is -0.329 e. The second kappa shape index (κ2) is 5.71. The Labute approximate surface area is 107 Å². The van der Waals surface area contributed by atoms with Gasteiger partial charge >= 0.3 is 0 Å². The van der Waals surface area contributed by atoms with Gasteiger partial charge in [0.1, 0.15) is 0 Å². The van der Waals surface area contributed by atoms with Crippen molar-refractivity contribution in [3.05, 3.63) is 0 Å². The quantitative estimate of drug-likeness (QED) is 0.798. The molecule has 0 aliphatic heterocycles. The van der Waals surface area contributed by atoms with Crippen LogP contribution in [0.1, 0.15) is 58.8 Å². The Morgan fingerprint density at radius 3 is 2.47 bits per heavy atom. The monoisotopic (exact) mass is 238 g/mol. The lowest BCUT2D eigenvalue weighted by Crippen LogP contribution is -2.57. The lowest BCUT2D eigenvalue weighted by atomic mass is 9.74. The molecule has 100 valence electrons. The molecule has 2 rings (SSSR count). The molecule has 2 aliphatic rings. The molecular formula is C15H30N2. The summed E-state index contributed by atoms with van der Waals surface area (Å²) in [6.45, 7) is 8.06. The van der Waals surface area contributed by atoms with Crippen molar-refractivity contribution >= 4 is 0 Å². The molecule has 2 unspecified atom stereocenters. The zero-order valence-corrected chi connectivity index (χ0v) is 11.8. The van der Waals surface area contributed by atoms with E-state index in [0.29, 0.717) is 5.54 Å². The number of nitrogens with zero attached hydrogens (tertiary/aromatic N) is 1. The van der Waals surface area contributed by atoms with Gasteiger partial charge in [0.2, 0.25) is 0 Å². The number of nitrogens with two attached hydrogens (primary N) is 1. The highest BCUT2D eigenvalue weighted by Gasteiger charge is 2.39. The molecule has 2 aliphatic carbocycles. The molecule has 0 aromatic rings. The average Bonchev–Trinajstić information content (AvgIpc) is 2.27. The molecule has 2 saturated carbocycles. The fourth-order valence-electron chi connectivity index (χ4n) is 3.88. The molecule has 0 radical (unpaired) electrons. The number of hydrogen-bond acceptors (Lipinski definition) is 2. The molecule has 2 N–H and O–H groups in total. The summed E-state index contributed by atoms with van der Waals surface area (Å²) < 4.78 is 0. The van der Waals surface area contributed by atoms with Gasteiger partial charge in [0.05, 0.1) is 0 Å². The van der Waals surface area contributed by atoms with Crippen molar-refractivity contribution in [2.24, 2.45) is 17.6 Å². The standard InChI is InChI=1S/C15H30N2/c1-3-17(11-14-7-4-8-14)15(12-16)9-5-6-13(2)10-15/h13-14H,3-12,16H2,1-2H3. The number of likely N-dealkylation sites (N-methyl/N-ethyl adjacent to an activating group) is 1. The molecule has 0 aromatic heterocycles. The summed E-state index contributed by atoms with van der Waals surface area (Å²) in [5.41, 5.74) is 6.51. The van der Waals surface area contributed by atoms with Gasteiger partial charge in [-0.3, -0.25) is 4.90 Å². The third-order valence-corrected chi connectivity index (χ3v) is 5.20. The van der Waals surface area contributed by atoms with Gasteiger partial charge in [0.25, 0.3) is 0 Å². The van der Waals surface area contributed by atoms with Crippen LogP contribution in [0.25, 0.3) is 0 Å². The number of hydrogen-bond donors (Lipinski definition) is 1. The Morgan fingerprint density at radius 2 is 2.00 bits per heavy atom. The molecule has 17 heavy (non-hydrogen) atoms. The van der Waals surface area contributed by atoms with E-state index < -0.39 is 0 Å². The highest BCUT2D eigenvalue weighted by atomic mass is 15.2. The van der Waals surface area contributed by atoms with E-state index in [1.165, 1.54) is 58.0 Å². The molecule has 0 spiro atoms. The molecule has 0 saturated heterocycles. The molecule has 0 bridgehead atoms. The van der Waals surface area contributed by atoms with Gasteiger partial charge in [-0.25, -0.2) is 0 Å². The van der Waals surface area contributed by atoms with Gasteiger partial charge in [-0.15, -0.1) is 0 Å². The minimum absolute atomic E-state index is 0.335. The van der Waals surface area contributed by atoms with Crippen LogP contribution in [-0.2, 0) is 0 Å². The highest BCUT2D eigenvalue weighted by molar-refractivity contribution is 4.96. The van der Waals surface area contributed by atoms with Crippen LogP contribution in [0.2, 0.25) is 0 Å². The first-order valence-corrected chi connectivity index (χ1v) is 7.65. The van der Waals surface area contributed by atoms with E-state index in [4.69, 9.17) is 5.73 Å². The second-order valence-electron chi connectivity index (χ2n) is 6.47. The zero-order chi connectivity index (χ0) is 12.3. The van der Waals surface area contributed by atoms with E-state index in [0.717, 1.165) is 18.4 Å². The lowest BCUT2D eigenvalue weighted by molar-refractivity contribution is 0.0201. The Hall–Kier alpha value is -0.0800. The van der Waals surface area contributed by atoms with Crippen LogP contribution in [0, 0.1) is 11.8 Å². The molecule has 0 aromatic carbocycles. The van der Waals surface area contributed by atoms with Gasteiger partial charge in [0.15, 0.2) is 0 Å². The molecule has 2 atom stereocenters. The van der Waals surface area contributed by atoms with Gasteiger partial charge in [-0.2, -0.15) is 0 Å². The van der Waals surface area contributed by atoms with Crippen molar-refractivity contribution in [3.63, 3.8) is 0 Å². The normalized spacial score (nSPS) is 34.9. The fraction of sp³-hybridized carbons (Fsp3) is 1.00. The highest BCUT2D eigenvalue weighted by Crippen LogP contribution is 2.38. The predicted octanol–water partition coefficient (Wildman–Crippen LogP) is 3.02. The van der Waals surface area contributed by atoms with Gasteiger partial charge in [-0.05, 0) is 44.1 Å². The van der Waals surface area contributed by atoms with Crippen molar-refractivity contribution < 1.29 is 0 Å². The number of rotatable bonds is 5. The first-order chi connectivity index (χ1) is 8.20. The first kappa shape index (κ1) is 13.4. The van der Waals surface area contributed by atoms with Crippen molar-refractivity contribution in [1.29, 1.82) is 0 Å². The smallest absolute Gasteiger partial charge is 0.0334 e. The minimum atomic E-state index is 0.335. The van der Waals surface area contributed by atoms with E-state index >= 15 is 0 Å². The van der Waals surface area contributed by atoms with Gasteiger partial charge in [0, 0.05) is 18.6 Å². The zero-order valence-electron chi connectivity index (χ0n) is 11.8. The average molecular weight is 238 g/mol. The molecule has 2 heteroatoms. The maximum atomic E-state index is 6.17. The maximum Gasteiger partial charge on any atom is 0.0334 e. The molecule has 2 fully saturated rings. The van der Waals surface area contributed by atoms with Gasteiger partial charge < -0.3 is 5.73 Å².